The van der Waals surface area contributed by atoms with Gasteiger partial charge in [-0.1, -0.05) is 6.92 Å². The van der Waals surface area contributed by atoms with Gasteiger partial charge in [0.15, 0.2) is 0 Å². The number of hydrogen-bond acceptors (Lipinski definition) is 4. The van der Waals surface area contributed by atoms with Crippen LogP contribution >= 0.6 is 11.3 Å². The summed E-state index contributed by atoms with van der Waals surface area (Å²) in [6.07, 6.45) is 0.947. The van der Waals surface area contributed by atoms with Crippen LogP contribution in [0.2, 0.25) is 0 Å². The van der Waals surface area contributed by atoms with Crippen molar-refractivity contribution >= 4 is 17.2 Å². The summed E-state index contributed by atoms with van der Waals surface area (Å²) in [6, 6.07) is 7.35. The van der Waals surface area contributed by atoms with E-state index in [1.807, 2.05) is 38.1 Å². The Kier molecular flexibility index (Phi) is 5.66. The van der Waals surface area contributed by atoms with Gasteiger partial charge in [0, 0.05) is 10.4 Å². The number of carbonyl (C=O) groups excluding carboxylic acids is 1. The van der Waals surface area contributed by atoms with Gasteiger partial charge in [-0.2, -0.15) is 0 Å². The summed E-state index contributed by atoms with van der Waals surface area (Å²) in [5, 5.41) is 3.04. The van der Waals surface area contributed by atoms with E-state index in [4.69, 9.17) is 9.47 Å². The third kappa shape index (κ3) is 3.85. The minimum atomic E-state index is -0.181. The maximum atomic E-state index is 12.5. The van der Waals surface area contributed by atoms with Crippen LogP contribution in [0.25, 0.3) is 0 Å². The molecule has 2 aromatic rings. The van der Waals surface area contributed by atoms with E-state index in [0.29, 0.717) is 0 Å². The molecule has 0 radical (unpaired) electrons. The quantitative estimate of drug-likeness (QED) is 0.865. The van der Waals surface area contributed by atoms with Crippen LogP contribution in [0.1, 0.15) is 45.6 Å². The van der Waals surface area contributed by atoms with E-state index in [1.165, 1.54) is 10.4 Å². The smallest absolute Gasteiger partial charge is 0.261 e. The zero-order valence-corrected chi connectivity index (χ0v) is 15.0. The number of hydrogen-bond donors (Lipinski definition) is 1. The fraction of sp³-hybridized carbons (Fsp3) is 0.389. The van der Waals surface area contributed by atoms with Crippen LogP contribution in [0.4, 0.5) is 0 Å². The molecule has 1 N–H and O–H groups in total. The van der Waals surface area contributed by atoms with Crippen molar-refractivity contribution < 1.29 is 14.3 Å². The minimum Gasteiger partial charge on any atom is -0.497 e. The van der Waals surface area contributed by atoms with Crippen LogP contribution in [0.5, 0.6) is 11.5 Å². The highest BCUT2D eigenvalue weighted by Crippen LogP contribution is 2.30. The Bertz CT molecular complexity index is 694. The first-order valence-electron chi connectivity index (χ1n) is 7.62. The van der Waals surface area contributed by atoms with E-state index in [2.05, 4.69) is 12.2 Å². The van der Waals surface area contributed by atoms with Crippen LogP contribution < -0.4 is 14.8 Å². The molecule has 0 bridgehead atoms. The van der Waals surface area contributed by atoms with Crippen LogP contribution in [0, 0.1) is 6.92 Å². The Balaban J connectivity index is 2.20. The fourth-order valence-electron chi connectivity index (χ4n) is 2.51. The molecule has 0 fully saturated rings. The van der Waals surface area contributed by atoms with Crippen LogP contribution in [0.15, 0.2) is 24.3 Å². The third-order valence-electron chi connectivity index (χ3n) is 3.82. The molecule has 0 aliphatic rings. The summed E-state index contributed by atoms with van der Waals surface area (Å²) in [5.41, 5.74) is 2.07. The van der Waals surface area contributed by atoms with Crippen LogP contribution in [-0.2, 0) is 6.42 Å². The SMILES string of the molecule is CCc1sc(C(=O)N[C@H](C)c2cc(OC)ccc2OC)cc1C. The normalized spacial score (nSPS) is 11.9. The standard InChI is InChI=1S/C18H23NO3S/c1-6-16-11(2)9-17(23-16)18(20)19-12(3)14-10-13(21-4)7-8-15(14)22-5/h7-10,12H,6H2,1-5H3,(H,19,20)/t12-/m1/s1. The maximum Gasteiger partial charge on any atom is 0.261 e. The van der Waals surface area contributed by atoms with E-state index in [-0.39, 0.29) is 11.9 Å². The van der Waals surface area contributed by atoms with E-state index in [1.54, 1.807) is 25.6 Å². The summed E-state index contributed by atoms with van der Waals surface area (Å²) in [6.45, 7) is 6.08. The number of methoxy groups -OCH3 is 2. The number of nitrogens with one attached hydrogen (secondary N) is 1. The van der Waals surface area contributed by atoms with Crippen molar-refractivity contribution in [2.45, 2.75) is 33.2 Å². The minimum absolute atomic E-state index is 0.0600. The summed E-state index contributed by atoms with van der Waals surface area (Å²) >= 11 is 1.55. The molecule has 124 valence electrons. The molecule has 0 spiro atoms. The van der Waals surface area contributed by atoms with E-state index in [0.717, 1.165) is 28.4 Å². The average Bonchev–Trinajstić information content (AvgIpc) is 2.95. The molecule has 1 aromatic heterocycles. The second-order valence-electron chi connectivity index (χ2n) is 5.37. The summed E-state index contributed by atoms with van der Waals surface area (Å²) in [5.74, 6) is 1.41. The Morgan fingerprint density at radius 2 is 2.00 bits per heavy atom. The average molecular weight is 333 g/mol. The van der Waals surface area contributed by atoms with Crippen LogP contribution in [0.3, 0.4) is 0 Å². The first-order chi connectivity index (χ1) is 11.0. The monoisotopic (exact) mass is 333 g/mol. The van der Waals surface area contributed by atoms with Gasteiger partial charge in [0.1, 0.15) is 11.5 Å². The highest BCUT2D eigenvalue weighted by molar-refractivity contribution is 7.14. The van der Waals surface area contributed by atoms with Crippen molar-refractivity contribution in [1.29, 1.82) is 0 Å². The number of thiophene rings is 1. The number of amides is 1. The Hall–Kier alpha value is -2.01. The van der Waals surface area contributed by atoms with Crippen molar-refractivity contribution in [3.8, 4) is 11.5 Å². The lowest BCUT2D eigenvalue weighted by Crippen LogP contribution is -2.26. The zero-order chi connectivity index (χ0) is 17.0. The second-order valence-corrected chi connectivity index (χ2v) is 6.51. The number of ether oxygens (including phenoxy) is 2. The molecule has 0 unspecified atom stereocenters. The van der Waals surface area contributed by atoms with Crippen LogP contribution in [-0.4, -0.2) is 20.1 Å². The van der Waals surface area contributed by atoms with Gasteiger partial charge < -0.3 is 14.8 Å². The van der Waals surface area contributed by atoms with Gasteiger partial charge in [-0.3, -0.25) is 4.79 Å². The van der Waals surface area contributed by atoms with Crippen molar-refractivity contribution in [1.82, 2.24) is 5.32 Å². The molecule has 0 aliphatic carbocycles. The van der Waals surface area contributed by atoms with Gasteiger partial charge in [0.05, 0.1) is 25.1 Å². The van der Waals surface area contributed by atoms with Crippen molar-refractivity contribution in [2.24, 2.45) is 0 Å². The predicted octanol–water partition coefficient (Wildman–Crippen LogP) is 4.13. The Morgan fingerprint density at radius 1 is 1.26 bits per heavy atom. The number of aryl methyl sites for hydroxylation is 2. The van der Waals surface area contributed by atoms with Crippen molar-refractivity contribution in [2.75, 3.05) is 14.2 Å². The summed E-state index contributed by atoms with van der Waals surface area (Å²) in [7, 11) is 3.24. The van der Waals surface area contributed by atoms with Crippen molar-refractivity contribution in [3.63, 3.8) is 0 Å². The van der Waals surface area contributed by atoms with E-state index >= 15 is 0 Å². The predicted molar refractivity (Wildman–Crippen MR) is 93.9 cm³/mol. The first-order valence-corrected chi connectivity index (χ1v) is 8.43. The molecule has 1 heterocycles. The summed E-state index contributed by atoms with van der Waals surface area (Å²) < 4.78 is 10.7. The molecule has 23 heavy (non-hydrogen) atoms. The number of carbonyl (C=O) groups is 1. The van der Waals surface area contributed by atoms with Gasteiger partial charge in [-0.05, 0) is 50.1 Å². The van der Waals surface area contributed by atoms with Crippen molar-refractivity contribution in [3.05, 3.63) is 45.1 Å². The van der Waals surface area contributed by atoms with Gasteiger partial charge >= 0.3 is 0 Å². The first kappa shape index (κ1) is 17.3. The lowest BCUT2D eigenvalue weighted by atomic mass is 10.1. The third-order valence-corrected chi connectivity index (χ3v) is 5.20. The molecule has 2 rings (SSSR count). The highest BCUT2D eigenvalue weighted by atomic mass is 32.1. The maximum absolute atomic E-state index is 12.5. The molecule has 4 nitrogen and oxygen atoms in total. The Labute approximate surface area is 141 Å². The fourth-order valence-corrected chi connectivity index (χ4v) is 3.52. The lowest BCUT2D eigenvalue weighted by Gasteiger charge is -2.18. The molecule has 1 aromatic carbocycles. The molecule has 0 saturated heterocycles. The molecule has 1 amide bonds. The number of rotatable bonds is 6. The largest absolute Gasteiger partial charge is 0.497 e. The second kappa shape index (κ2) is 7.51. The molecular formula is C18H23NO3S. The summed E-state index contributed by atoms with van der Waals surface area (Å²) in [4.78, 5) is 14.5. The van der Waals surface area contributed by atoms with E-state index < -0.39 is 0 Å². The topological polar surface area (TPSA) is 47.6 Å². The zero-order valence-electron chi connectivity index (χ0n) is 14.2. The molecular weight excluding hydrogens is 310 g/mol. The van der Waals surface area contributed by atoms with Gasteiger partial charge in [-0.25, -0.2) is 0 Å². The highest BCUT2D eigenvalue weighted by Gasteiger charge is 2.18. The van der Waals surface area contributed by atoms with Gasteiger partial charge in [0.25, 0.3) is 5.91 Å². The molecule has 0 aliphatic heterocycles. The van der Waals surface area contributed by atoms with E-state index in [9.17, 15) is 4.79 Å². The lowest BCUT2D eigenvalue weighted by molar-refractivity contribution is 0.0943. The molecule has 1 atom stereocenters. The number of benzene rings is 1. The molecule has 5 heteroatoms. The van der Waals surface area contributed by atoms with Gasteiger partial charge in [-0.15, -0.1) is 11.3 Å². The Morgan fingerprint density at radius 3 is 2.57 bits per heavy atom. The molecule has 0 saturated carbocycles. The van der Waals surface area contributed by atoms with Gasteiger partial charge in [0.2, 0.25) is 0 Å².